The number of hydrogen-bond acceptors (Lipinski definition) is 5. The summed E-state index contributed by atoms with van der Waals surface area (Å²) in [5.41, 5.74) is 1.25. The third-order valence-electron chi connectivity index (χ3n) is 6.20. The van der Waals surface area contributed by atoms with Crippen molar-refractivity contribution in [2.24, 2.45) is 5.92 Å². The van der Waals surface area contributed by atoms with Crippen molar-refractivity contribution in [1.82, 2.24) is 4.72 Å². The molecule has 1 aliphatic carbocycles. The lowest BCUT2D eigenvalue weighted by Gasteiger charge is -2.38. The lowest BCUT2D eigenvalue weighted by Crippen LogP contribution is -2.46. The van der Waals surface area contributed by atoms with Crippen molar-refractivity contribution in [2.75, 3.05) is 23.3 Å². The highest BCUT2D eigenvalue weighted by atomic mass is 32.2. The number of nitrogens with one attached hydrogen (secondary N) is 2. The number of carbonyl (C=O) groups excluding carboxylic acids is 1. The Kier molecular flexibility index (Phi) is 7.51. The molecule has 0 spiro atoms. The number of morpholine rings is 1. The molecule has 1 saturated heterocycles. The number of ether oxygens (including phenoxy) is 1. The predicted octanol–water partition coefficient (Wildman–Crippen LogP) is 3.65. The van der Waals surface area contributed by atoms with E-state index in [1.165, 1.54) is 12.1 Å². The fourth-order valence-corrected chi connectivity index (χ4v) is 5.38. The maximum atomic E-state index is 14.0. The number of halogens is 1. The minimum Gasteiger partial charge on any atom is -0.372 e. The van der Waals surface area contributed by atoms with Gasteiger partial charge in [-0.15, -0.1) is 0 Å². The Balaban J connectivity index is 1.64. The van der Waals surface area contributed by atoms with Gasteiger partial charge in [0.15, 0.2) is 0 Å². The molecule has 0 bridgehead atoms. The fourth-order valence-electron chi connectivity index (χ4n) is 4.35. The molecule has 1 unspecified atom stereocenters. The number of hydrogen-bond donors (Lipinski definition) is 2. The van der Waals surface area contributed by atoms with Crippen LogP contribution >= 0.6 is 0 Å². The first kappa shape index (κ1) is 24.9. The van der Waals surface area contributed by atoms with E-state index in [1.54, 1.807) is 26.8 Å². The highest BCUT2D eigenvalue weighted by Crippen LogP contribution is 2.32. The van der Waals surface area contributed by atoms with Crippen LogP contribution in [0.1, 0.15) is 60.3 Å². The molecule has 2 atom stereocenters. The molecule has 32 heavy (non-hydrogen) atoms. The Hall–Kier alpha value is -1.71. The van der Waals surface area contributed by atoms with Gasteiger partial charge in [0.1, 0.15) is 5.82 Å². The molecule has 1 heterocycles. The molecule has 1 aromatic rings. The summed E-state index contributed by atoms with van der Waals surface area (Å²) in [4.78, 5) is 15.0. The number of anilines is 2. The van der Waals surface area contributed by atoms with E-state index in [-0.39, 0.29) is 35.9 Å². The SMILES string of the molecule is CC1CN(c2cc(F)ccc2NC(=O)[C@H]2CC[C@H](NS(=O)(=O)C(C)(C)C)CC2)C[C@H](C)O1. The molecule has 1 amide bonds. The molecule has 180 valence electrons. The van der Waals surface area contributed by atoms with Crippen LogP contribution in [0.2, 0.25) is 0 Å². The van der Waals surface area contributed by atoms with Crippen molar-refractivity contribution >= 4 is 27.3 Å². The van der Waals surface area contributed by atoms with E-state index in [9.17, 15) is 17.6 Å². The number of amides is 1. The zero-order valence-electron chi connectivity index (χ0n) is 19.7. The van der Waals surface area contributed by atoms with Crippen LogP contribution in [0.5, 0.6) is 0 Å². The van der Waals surface area contributed by atoms with Crippen LogP contribution in [0, 0.1) is 11.7 Å². The zero-order chi connectivity index (χ0) is 23.7. The van der Waals surface area contributed by atoms with Gasteiger partial charge in [0.25, 0.3) is 0 Å². The van der Waals surface area contributed by atoms with E-state index in [1.807, 2.05) is 13.8 Å². The number of benzene rings is 1. The highest BCUT2D eigenvalue weighted by Gasteiger charge is 2.34. The molecular weight excluding hydrogens is 433 g/mol. The van der Waals surface area contributed by atoms with Crippen LogP contribution in [0.25, 0.3) is 0 Å². The molecule has 9 heteroatoms. The highest BCUT2D eigenvalue weighted by molar-refractivity contribution is 7.90. The second-order valence-electron chi connectivity index (χ2n) is 10.1. The van der Waals surface area contributed by atoms with Crippen LogP contribution in [-0.2, 0) is 19.6 Å². The Labute approximate surface area is 191 Å². The zero-order valence-corrected chi connectivity index (χ0v) is 20.5. The standard InChI is InChI=1S/C23H36FN3O4S/c1-15-13-27(14-16(2)31-15)21-12-18(24)8-11-20(21)25-22(28)17-6-9-19(10-7-17)26-32(29,30)23(3,4)5/h8,11-12,15-17,19,26H,6-7,9-10,13-14H2,1-5H3,(H,25,28)/t15-,16?,17-,19-/m0/s1. The Morgan fingerprint density at radius 1 is 1.09 bits per heavy atom. The number of sulfonamides is 1. The van der Waals surface area contributed by atoms with Gasteiger partial charge >= 0.3 is 0 Å². The van der Waals surface area contributed by atoms with Crippen LogP contribution in [0.3, 0.4) is 0 Å². The number of nitrogens with zero attached hydrogens (tertiary/aromatic N) is 1. The number of carbonyl (C=O) groups is 1. The normalized spacial score (nSPS) is 27.2. The monoisotopic (exact) mass is 469 g/mol. The van der Waals surface area contributed by atoms with Gasteiger partial charge in [0.05, 0.1) is 28.3 Å². The molecule has 3 rings (SSSR count). The van der Waals surface area contributed by atoms with Crippen molar-refractivity contribution in [3.8, 4) is 0 Å². The average Bonchev–Trinajstić information content (AvgIpc) is 2.68. The van der Waals surface area contributed by atoms with E-state index in [0.29, 0.717) is 50.1 Å². The molecular formula is C23H36FN3O4S. The first-order valence-corrected chi connectivity index (χ1v) is 12.9. The summed E-state index contributed by atoms with van der Waals surface area (Å²) in [6.45, 7) is 10.2. The van der Waals surface area contributed by atoms with Crippen molar-refractivity contribution in [2.45, 2.75) is 83.3 Å². The van der Waals surface area contributed by atoms with Crippen LogP contribution < -0.4 is 14.9 Å². The molecule has 0 aromatic heterocycles. The lowest BCUT2D eigenvalue weighted by atomic mass is 9.86. The van der Waals surface area contributed by atoms with Crippen molar-refractivity contribution in [3.05, 3.63) is 24.0 Å². The smallest absolute Gasteiger partial charge is 0.227 e. The summed E-state index contributed by atoms with van der Waals surface area (Å²) in [7, 11) is -3.42. The molecule has 2 fully saturated rings. The van der Waals surface area contributed by atoms with E-state index in [2.05, 4.69) is 14.9 Å². The van der Waals surface area contributed by atoms with E-state index in [4.69, 9.17) is 4.74 Å². The molecule has 7 nitrogen and oxygen atoms in total. The molecule has 0 radical (unpaired) electrons. The van der Waals surface area contributed by atoms with Crippen molar-refractivity contribution < 1.29 is 22.3 Å². The number of rotatable bonds is 5. The van der Waals surface area contributed by atoms with Gasteiger partial charge < -0.3 is 15.0 Å². The van der Waals surface area contributed by atoms with E-state index < -0.39 is 14.8 Å². The van der Waals surface area contributed by atoms with Gasteiger partial charge in [-0.25, -0.2) is 17.5 Å². The Bertz CT molecular complexity index is 914. The van der Waals surface area contributed by atoms with Gasteiger partial charge in [-0.05, 0) is 78.5 Å². The summed E-state index contributed by atoms with van der Waals surface area (Å²) >= 11 is 0. The molecule has 1 saturated carbocycles. The summed E-state index contributed by atoms with van der Waals surface area (Å²) in [5.74, 6) is -0.661. The summed E-state index contributed by atoms with van der Waals surface area (Å²) in [6, 6.07) is 4.26. The molecule has 1 aromatic carbocycles. The maximum absolute atomic E-state index is 14.0. The quantitative estimate of drug-likeness (QED) is 0.687. The minimum atomic E-state index is -3.42. The topological polar surface area (TPSA) is 87.7 Å². The Morgan fingerprint density at radius 3 is 2.25 bits per heavy atom. The third-order valence-corrected chi connectivity index (χ3v) is 8.46. The fraction of sp³-hybridized carbons (Fsp3) is 0.696. The molecule has 2 N–H and O–H groups in total. The van der Waals surface area contributed by atoms with Crippen LogP contribution in [0.15, 0.2) is 18.2 Å². The van der Waals surface area contributed by atoms with E-state index in [0.717, 1.165) is 0 Å². The van der Waals surface area contributed by atoms with E-state index >= 15 is 0 Å². The Morgan fingerprint density at radius 2 is 1.69 bits per heavy atom. The second kappa shape index (κ2) is 9.65. The third kappa shape index (κ3) is 5.99. The largest absolute Gasteiger partial charge is 0.372 e. The maximum Gasteiger partial charge on any atom is 0.227 e. The minimum absolute atomic E-state index is 0.0118. The van der Waals surface area contributed by atoms with Gasteiger partial charge in [0.2, 0.25) is 15.9 Å². The summed E-state index contributed by atoms with van der Waals surface area (Å²) in [5, 5.41) is 3.00. The molecule has 2 aliphatic rings. The lowest BCUT2D eigenvalue weighted by molar-refractivity contribution is -0.120. The van der Waals surface area contributed by atoms with Crippen molar-refractivity contribution in [3.63, 3.8) is 0 Å². The summed E-state index contributed by atoms with van der Waals surface area (Å²) in [6.07, 6.45) is 2.46. The van der Waals surface area contributed by atoms with Gasteiger partial charge in [-0.3, -0.25) is 4.79 Å². The van der Waals surface area contributed by atoms with Gasteiger partial charge in [-0.1, -0.05) is 0 Å². The van der Waals surface area contributed by atoms with Crippen molar-refractivity contribution in [1.29, 1.82) is 0 Å². The first-order valence-electron chi connectivity index (χ1n) is 11.4. The predicted molar refractivity (Wildman–Crippen MR) is 125 cm³/mol. The molecule has 1 aliphatic heterocycles. The average molecular weight is 470 g/mol. The van der Waals surface area contributed by atoms with Crippen LogP contribution in [-0.4, -0.2) is 50.4 Å². The van der Waals surface area contributed by atoms with Gasteiger partial charge in [-0.2, -0.15) is 0 Å². The van der Waals surface area contributed by atoms with Crippen LogP contribution in [0.4, 0.5) is 15.8 Å². The first-order chi connectivity index (χ1) is 14.9. The second-order valence-corrected chi connectivity index (χ2v) is 12.6. The van der Waals surface area contributed by atoms with Gasteiger partial charge in [0, 0.05) is 25.0 Å². The summed E-state index contributed by atoms with van der Waals surface area (Å²) < 4.78 is 46.5.